The van der Waals surface area contributed by atoms with Gasteiger partial charge in [-0.05, 0) is 30.2 Å². The van der Waals surface area contributed by atoms with E-state index in [4.69, 9.17) is 0 Å². The summed E-state index contributed by atoms with van der Waals surface area (Å²) in [6, 6.07) is 10.3. The predicted molar refractivity (Wildman–Crippen MR) is 87.0 cm³/mol. The minimum Gasteiger partial charge on any atom is -0.354 e. The fourth-order valence-electron chi connectivity index (χ4n) is 3.17. The molecule has 1 aliphatic heterocycles. The maximum Gasteiger partial charge on any atom is 0.267 e. The van der Waals surface area contributed by atoms with Gasteiger partial charge in [0.15, 0.2) is 0 Å². The lowest BCUT2D eigenvalue weighted by Crippen LogP contribution is -2.23. The number of benzene rings is 1. The molecule has 6 heteroatoms. The summed E-state index contributed by atoms with van der Waals surface area (Å²) in [6.45, 7) is 0.822. The van der Waals surface area contributed by atoms with Crippen molar-refractivity contribution in [2.24, 2.45) is 7.05 Å². The first kappa shape index (κ1) is 13.8. The summed E-state index contributed by atoms with van der Waals surface area (Å²) in [5, 5.41) is 11.2. The molecule has 4 rings (SSSR count). The van der Waals surface area contributed by atoms with Crippen molar-refractivity contribution in [3.05, 3.63) is 47.8 Å². The number of carbonyl (C=O) groups excluding carboxylic acids is 1. The van der Waals surface area contributed by atoms with E-state index in [0.717, 1.165) is 35.5 Å². The number of hydrogen-bond acceptors (Lipinski definition) is 3. The maximum atomic E-state index is 12.0. The van der Waals surface area contributed by atoms with Crippen molar-refractivity contribution < 1.29 is 4.79 Å². The molecule has 0 fully saturated rings. The lowest BCUT2D eigenvalue weighted by molar-refractivity contribution is 0.0954. The van der Waals surface area contributed by atoms with Crippen LogP contribution in [-0.4, -0.2) is 32.5 Å². The number of aryl methyl sites for hydroxylation is 2. The Labute approximate surface area is 133 Å². The fourth-order valence-corrected chi connectivity index (χ4v) is 3.17. The van der Waals surface area contributed by atoms with Gasteiger partial charge in [-0.2, -0.15) is 15.0 Å². The summed E-state index contributed by atoms with van der Waals surface area (Å²) in [5.41, 5.74) is 6.13. The lowest BCUT2D eigenvalue weighted by atomic mass is 9.95. The van der Waals surface area contributed by atoms with E-state index in [-0.39, 0.29) is 5.91 Å². The van der Waals surface area contributed by atoms with Gasteiger partial charge in [0.25, 0.3) is 5.91 Å². The minimum atomic E-state index is -0.0511. The molecule has 0 saturated carbocycles. The van der Waals surface area contributed by atoms with Gasteiger partial charge in [-0.3, -0.25) is 4.79 Å². The number of hydrogen-bond donors (Lipinski definition) is 1. The molecule has 0 atom stereocenters. The molecule has 0 spiro atoms. The zero-order valence-electron chi connectivity index (χ0n) is 13.1. The highest BCUT2D eigenvalue weighted by Gasteiger charge is 2.21. The number of aromatic nitrogens is 4. The van der Waals surface area contributed by atoms with E-state index >= 15 is 0 Å². The van der Waals surface area contributed by atoms with Crippen molar-refractivity contribution in [1.29, 1.82) is 0 Å². The predicted octanol–water partition coefficient (Wildman–Crippen LogP) is 1.87. The van der Waals surface area contributed by atoms with E-state index in [1.54, 1.807) is 18.0 Å². The molecule has 23 heavy (non-hydrogen) atoms. The van der Waals surface area contributed by atoms with Crippen molar-refractivity contribution in [3.8, 4) is 22.5 Å². The van der Waals surface area contributed by atoms with Crippen LogP contribution >= 0.6 is 0 Å². The third kappa shape index (κ3) is 2.14. The van der Waals surface area contributed by atoms with Crippen LogP contribution < -0.4 is 5.32 Å². The normalized spacial score (nSPS) is 12.6. The molecule has 116 valence electrons. The van der Waals surface area contributed by atoms with Gasteiger partial charge in [0, 0.05) is 37.5 Å². The molecule has 0 aliphatic carbocycles. The molecule has 2 aromatic heterocycles. The Balaban J connectivity index is 1.83. The fraction of sp³-hybridized carbons (Fsp3) is 0.235. The van der Waals surface area contributed by atoms with Crippen LogP contribution in [0.1, 0.15) is 16.1 Å². The Hall–Kier alpha value is -2.89. The summed E-state index contributed by atoms with van der Waals surface area (Å²) >= 11 is 0. The van der Waals surface area contributed by atoms with Gasteiger partial charge in [0.2, 0.25) is 0 Å². The second-order valence-electron chi connectivity index (χ2n) is 5.68. The topological polar surface area (TPSA) is 64.7 Å². The first-order valence-electron chi connectivity index (χ1n) is 7.59. The quantitative estimate of drug-likeness (QED) is 0.786. The smallest absolute Gasteiger partial charge is 0.267 e. The first-order valence-corrected chi connectivity index (χ1v) is 7.59. The SMILES string of the molecule is CNC(=O)c1ccc2n1CCc1ccc(-c3cnn(C)n3)cc1-2. The molecular formula is C17H17N5O. The molecule has 3 aromatic rings. The molecule has 3 heterocycles. The zero-order valence-corrected chi connectivity index (χ0v) is 13.1. The Morgan fingerprint density at radius 1 is 1.26 bits per heavy atom. The average Bonchev–Trinajstić information content (AvgIpc) is 3.20. The molecule has 6 nitrogen and oxygen atoms in total. The van der Waals surface area contributed by atoms with E-state index < -0.39 is 0 Å². The highest BCUT2D eigenvalue weighted by Crippen LogP contribution is 2.34. The minimum absolute atomic E-state index is 0.0511. The van der Waals surface area contributed by atoms with E-state index in [0.29, 0.717) is 5.69 Å². The monoisotopic (exact) mass is 307 g/mol. The van der Waals surface area contributed by atoms with Gasteiger partial charge in [-0.25, -0.2) is 0 Å². The zero-order chi connectivity index (χ0) is 16.0. The van der Waals surface area contributed by atoms with Crippen molar-refractivity contribution in [1.82, 2.24) is 24.9 Å². The van der Waals surface area contributed by atoms with Crippen molar-refractivity contribution in [3.63, 3.8) is 0 Å². The lowest BCUT2D eigenvalue weighted by Gasteiger charge is -2.21. The van der Waals surface area contributed by atoms with Crippen LogP contribution in [0.25, 0.3) is 22.5 Å². The van der Waals surface area contributed by atoms with E-state index in [1.807, 2.05) is 19.2 Å². The first-order chi connectivity index (χ1) is 11.2. The Morgan fingerprint density at radius 3 is 2.87 bits per heavy atom. The highest BCUT2D eigenvalue weighted by molar-refractivity contribution is 5.94. The van der Waals surface area contributed by atoms with E-state index in [9.17, 15) is 4.79 Å². The standard InChI is InChI=1S/C17H17N5O/c1-18-17(23)16-6-5-15-13-9-12(14-10-19-21(2)20-14)4-3-11(13)7-8-22(15)16/h3-6,9-10H,7-8H2,1-2H3,(H,18,23). The molecule has 1 N–H and O–H groups in total. The number of rotatable bonds is 2. The summed E-state index contributed by atoms with van der Waals surface area (Å²) in [5.74, 6) is -0.0511. The maximum absolute atomic E-state index is 12.0. The van der Waals surface area contributed by atoms with Crippen LogP contribution in [0.4, 0.5) is 0 Å². The Bertz CT molecular complexity index is 906. The summed E-state index contributed by atoms with van der Waals surface area (Å²) < 4.78 is 2.08. The van der Waals surface area contributed by atoms with Crippen LogP contribution in [-0.2, 0) is 20.0 Å². The van der Waals surface area contributed by atoms with Gasteiger partial charge in [-0.1, -0.05) is 12.1 Å². The number of carbonyl (C=O) groups is 1. The van der Waals surface area contributed by atoms with Crippen LogP contribution in [0, 0.1) is 0 Å². The molecule has 0 unspecified atom stereocenters. The van der Waals surface area contributed by atoms with Gasteiger partial charge < -0.3 is 9.88 Å². The number of nitrogens with zero attached hydrogens (tertiary/aromatic N) is 4. The third-order valence-electron chi connectivity index (χ3n) is 4.33. The van der Waals surface area contributed by atoms with Crippen molar-refractivity contribution in [2.75, 3.05) is 7.05 Å². The number of amides is 1. The summed E-state index contributed by atoms with van der Waals surface area (Å²) in [6.07, 6.45) is 2.68. The van der Waals surface area contributed by atoms with E-state index in [1.165, 1.54) is 5.56 Å². The molecule has 1 aromatic carbocycles. The second kappa shape index (κ2) is 5.08. The van der Waals surface area contributed by atoms with Gasteiger partial charge in [0.05, 0.1) is 6.20 Å². The Morgan fingerprint density at radius 2 is 2.13 bits per heavy atom. The highest BCUT2D eigenvalue weighted by atomic mass is 16.1. The van der Waals surface area contributed by atoms with Gasteiger partial charge in [0.1, 0.15) is 11.4 Å². The molecule has 1 aliphatic rings. The number of nitrogens with one attached hydrogen (secondary N) is 1. The summed E-state index contributed by atoms with van der Waals surface area (Å²) in [7, 11) is 3.47. The third-order valence-corrected chi connectivity index (χ3v) is 4.33. The molecular weight excluding hydrogens is 290 g/mol. The molecule has 0 radical (unpaired) electrons. The van der Waals surface area contributed by atoms with Crippen molar-refractivity contribution in [2.45, 2.75) is 13.0 Å². The molecule has 0 saturated heterocycles. The van der Waals surface area contributed by atoms with Gasteiger partial charge >= 0.3 is 0 Å². The van der Waals surface area contributed by atoms with E-state index in [2.05, 4.69) is 38.3 Å². The summed E-state index contributed by atoms with van der Waals surface area (Å²) in [4.78, 5) is 13.6. The molecule has 1 amide bonds. The van der Waals surface area contributed by atoms with Crippen LogP contribution in [0.15, 0.2) is 36.5 Å². The van der Waals surface area contributed by atoms with Crippen molar-refractivity contribution >= 4 is 5.91 Å². The largest absolute Gasteiger partial charge is 0.354 e. The van der Waals surface area contributed by atoms with Gasteiger partial charge in [-0.15, -0.1) is 0 Å². The molecule has 0 bridgehead atoms. The Kier molecular flexibility index (Phi) is 3.04. The second-order valence-corrected chi connectivity index (χ2v) is 5.68. The van der Waals surface area contributed by atoms with Crippen LogP contribution in [0.5, 0.6) is 0 Å². The van der Waals surface area contributed by atoms with Crippen LogP contribution in [0.3, 0.4) is 0 Å². The average molecular weight is 307 g/mol. The number of fused-ring (bicyclic) bond motifs is 3. The van der Waals surface area contributed by atoms with Crippen LogP contribution in [0.2, 0.25) is 0 Å².